The van der Waals surface area contributed by atoms with Crippen LogP contribution < -0.4 is 15.5 Å². The van der Waals surface area contributed by atoms with Crippen molar-refractivity contribution in [3.63, 3.8) is 0 Å². The summed E-state index contributed by atoms with van der Waals surface area (Å²) < 4.78 is 5.33. The highest BCUT2D eigenvalue weighted by Gasteiger charge is 2.42. The molecule has 142 valence electrons. The number of rotatable bonds is 5. The lowest BCUT2D eigenvalue weighted by molar-refractivity contribution is -0.139. The van der Waals surface area contributed by atoms with Crippen molar-refractivity contribution >= 4 is 29.1 Å². The number of ether oxygens (including phenoxy) is 1. The molecule has 1 atom stereocenters. The average Bonchev–Trinajstić information content (AvgIpc) is 2.65. The zero-order valence-corrected chi connectivity index (χ0v) is 15.8. The van der Waals surface area contributed by atoms with Crippen LogP contribution in [0.15, 0.2) is 24.3 Å². The first-order valence-electron chi connectivity index (χ1n) is 9.14. The van der Waals surface area contributed by atoms with Crippen molar-refractivity contribution in [1.82, 2.24) is 10.6 Å². The van der Waals surface area contributed by atoms with E-state index in [2.05, 4.69) is 10.6 Å². The highest BCUT2D eigenvalue weighted by molar-refractivity contribution is 6.33. The molecule has 2 saturated heterocycles. The lowest BCUT2D eigenvalue weighted by Gasteiger charge is -2.38. The Hall–Kier alpha value is -1.63. The molecule has 2 N–H and O–H groups in total. The maximum absolute atomic E-state index is 13.0. The summed E-state index contributed by atoms with van der Waals surface area (Å²) in [4.78, 5) is 27.7. The van der Waals surface area contributed by atoms with Gasteiger partial charge in [0.25, 0.3) is 0 Å². The normalized spacial score (nSPS) is 22.9. The maximum Gasteiger partial charge on any atom is 0.249 e. The monoisotopic (exact) mass is 379 g/mol. The molecule has 1 aromatic carbocycles. The first kappa shape index (κ1) is 19.1. The quantitative estimate of drug-likeness (QED) is 0.820. The lowest BCUT2D eigenvalue weighted by atomic mass is 9.78. The minimum atomic E-state index is -0.563. The number of benzene rings is 1. The molecule has 7 heteroatoms. The van der Waals surface area contributed by atoms with E-state index in [0.717, 1.165) is 19.5 Å². The summed E-state index contributed by atoms with van der Waals surface area (Å²) in [6.45, 7) is 2.54. The van der Waals surface area contributed by atoms with Gasteiger partial charge in [0.1, 0.15) is 6.04 Å². The number of nitrogens with one attached hydrogen (secondary N) is 2. The molecule has 0 aliphatic carbocycles. The number of piperidine rings is 2. The molecule has 6 nitrogen and oxygen atoms in total. The van der Waals surface area contributed by atoms with E-state index >= 15 is 0 Å². The predicted octanol–water partition coefficient (Wildman–Crippen LogP) is 1.97. The second-order valence-corrected chi connectivity index (χ2v) is 7.48. The number of carbonyl (C=O) groups is 2. The van der Waals surface area contributed by atoms with Gasteiger partial charge in [-0.25, -0.2) is 0 Å². The van der Waals surface area contributed by atoms with Gasteiger partial charge in [-0.15, -0.1) is 0 Å². The van der Waals surface area contributed by atoms with Gasteiger partial charge in [0.05, 0.1) is 22.7 Å². The van der Waals surface area contributed by atoms with Gasteiger partial charge in [0.2, 0.25) is 11.8 Å². The van der Waals surface area contributed by atoms with Crippen LogP contribution in [0.2, 0.25) is 5.02 Å². The molecular weight excluding hydrogens is 354 g/mol. The van der Waals surface area contributed by atoms with Crippen LogP contribution >= 0.6 is 11.6 Å². The minimum absolute atomic E-state index is 0.0831. The molecule has 1 aromatic rings. The van der Waals surface area contributed by atoms with Gasteiger partial charge in [-0.2, -0.15) is 0 Å². The first-order valence-corrected chi connectivity index (χ1v) is 9.52. The molecule has 0 saturated carbocycles. The second-order valence-electron chi connectivity index (χ2n) is 7.07. The van der Waals surface area contributed by atoms with Gasteiger partial charge in [-0.3, -0.25) is 9.59 Å². The predicted molar refractivity (Wildman–Crippen MR) is 101 cm³/mol. The van der Waals surface area contributed by atoms with Crippen LogP contribution in [0.1, 0.15) is 25.7 Å². The van der Waals surface area contributed by atoms with Crippen LogP contribution in [0.5, 0.6) is 0 Å². The summed E-state index contributed by atoms with van der Waals surface area (Å²) >= 11 is 6.26. The summed E-state index contributed by atoms with van der Waals surface area (Å²) in [6.07, 6.45) is 2.89. The van der Waals surface area contributed by atoms with Crippen molar-refractivity contribution in [3.05, 3.63) is 29.3 Å². The molecular formula is C19H26ClN3O3. The Morgan fingerprint density at radius 3 is 2.81 bits per heavy atom. The fourth-order valence-electron chi connectivity index (χ4n) is 3.85. The fourth-order valence-corrected chi connectivity index (χ4v) is 4.09. The number of para-hydroxylation sites is 1. The number of methoxy groups -OCH3 is 1. The number of carbonyl (C=O) groups excluding carboxylic acids is 2. The van der Waals surface area contributed by atoms with E-state index in [4.69, 9.17) is 16.3 Å². The molecule has 26 heavy (non-hydrogen) atoms. The standard InChI is InChI=1S/C19H26ClN3O3/c1-26-13-19(8-10-21-11-9-19)18(25)22-15-6-4-12-23(17(15)24)16-7-3-2-5-14(16)20/h2-3,5,7,15,21H,4,6,8-13H2,1H3,(H,22,25). The molecule has 1 unspecified atom stereocenters. The number of anilines is 1. The zero-order chi connectivity index (χ0) is 18.6. The van der Waals surface area contributed by atoms with E-state index < -0.39 is 11.5 Å². The third kappa shape index (κ3) is 3.87. The van der Waals surface area contributed by atoms with E-state index in [0.29, 0.717) is 43.1 Å². The highest BCUT2D eigenvalue weighted by Crippen LogP contribution is 2.31. The third-order valence-electron chi connectivity index (χ3n) is 5.35. The Kier molecular flexibility index (Phi) is 6.16. The molecule has 0 aromatic heterocycles. The van der Waals surface area contributed by atoms with Crippen LogP contribution in [0.4, 0.5) is 5.69 Å². The van der Waals surface area contributed by atoms with E-state index in [-0.39, 0.29) is 11.8 Å². The SMILES string of the molecule is COCC1(C(=O)NC2CCCN(c3ccccc3Cl)C2=O)CCNCC1. The molecule has 0 radical (unpaired) electrons. The van der Waals surface area contributed by atoms with Crippen LogP contribution in [0.25, 0.3) is 0 Å². The molecule has 2 heterocycles. The zero-order valence-electron chi connectivity index (χ0n) is 15.1. The Morgan fingerprint density at radius 2 is 2.12 bits per heavy atom. The smallest absolute Gasteiger partial charge is 0.249 e. The summed E-state index contributed by atoms with van der Waals surface area (Å²) in [5.74, 6) is -0.181. The number of hydrogen-bond donors (Lipinski definition) is 2. The molecule has 3 rings (SSSR count). The molecule has 2 amide bonds. The lowest BCUT2D eigenvalue weighted by Crippen LogP contribution is -2.58. The van der Waals surface area contributed by atoms with Gasteiger partial charge < -0.3 is 20.3 Å². The minimum Gasteiger partial charge on any atom is -0.384 e. The molecule has 0 bridgehead atoms. The van der Waals surface area contributed by atoms with Crippen molar-refractivity contribution in [2.45, 2.75) is 31.7 Å². The molecule has 2 fully saturated rings. The topological polar surface area (TPSA) is 70.7 Å². The third-order valence-corrected chi connectivity index (χ3v) is 5.67. The summed E-state index contributed by atoms with van der Waals surface area (Å²) in [5.41, 5.74) is 0.138. The van der Waals surface area contributed by atoms with E-state index in [1.807, 2.05) is 18.2 Å². The van der Waals surface area contributed by atoms with Gasteiger partial charge in [0, 0.05) is 13.7 Å². The van der Waals surface area contributed by atoms with E-state index in [1.54, 1.807) is 18.1 Å². The van der Waals surface area contributed by atoms with Gasteiger partial charge >= 0.3 is 0 Å². The molecule has 0 spiro atoms. The van der Waals surface area contributed by atoms with Crippen LogP contribution in [-0.2, 0) is 14.3 Å². The number of hydrogen-bond acceptors (Lipinski definition) is 4. The average molecular weight is 380 g/mol. The van der Waals surface area contributed by atoms with Gasteiger partial charge in [0.15, 0.2) is 0 Å². The van der Waals surface area contributed by atoms with Crippen molar-refractivity contribution in [2.24, 2.45) is 5.41 Å². The number of halogens is 1. The van der Waals surface area contributed by atoms with Crippen molar-refractivity contribution < 1.29 is 14.3 Å². The van der Waals surface area contributed by atoms with Gasteiger partial charge in [-0.1, -0.05) is 23.7 Å². The summed E-state index contributed by atoms with van der Waals surface area (Å²) in [6, 6.07) is 6.79. The van der Waals surface area contributed by atoms with Crippen LogP contribution in [-0.4, -0.2) is 51.2 Å². The van der Waals surface area contributed by atoms with E-state index in [9.17, 15) is 9.59 Å². The van der Waals surface area contributed by atoms with Crippen LogP contribution in [0, 0.1) is 5.41 Å². The first-order chi connectivity index (χ1) is 12.6. The highest BCUT2D eigenvalue weighted by atomic mass is 35.5. The summed E-state index contributed by atoms with van der Waals surface area (Å²) in [5, 5.41) is 6.82. The van der Waals surface area contributed by atoms with Crippen molar-refractivity contribution in [1.29, 1.82) is 0 Å². The largest absolute Gasteiger partial charge is 0.384 e. The van der Waals surface area contributed by atoms with E-state index in [1.165, 1.54) is 0 Å². The van der Waals surface area contributed by atoms with Crippen molar-refractivity contribution in [2.75, 3.05) is 38.3 Å². The fraction of sp³-hybridized carbons (Fsp3) is 0.579. The second kappa shape index (κ2) is 8.37. The van der Waals surface area contributed by atoms with Gasteiger partial charge in [-0.05, 0) is 50.9 Å². The van der Waals surface area contributed by atoms with Crippen LogP contribution in [0.3, 0.4) is 0 Å². The number of amides is 2. The Bertz CT molecular complexity index is 656. The molecule has 2 aliphatic rings. The maximum atomic E-state index is 13.0. The molecule has 2 aliphatic heterocycles. The summed E-state index contributed by atoms with van der Waals surface area (Å²) in [7, 11) is 1.61. The number of nitrogens with zero attached hydrogens (tertiary/aromatic N) is 1. The van der Waals surface area contributed by atoms with Crippen molar-refractivity contribution in [3.8, 4) is 0 Å². The Morgan fingerprint density at radius 1 is 1.38 bits per heavy atom. The Balaban J connectivity index is 1.73. The Labute approximate surface area is 159 Å².